The maximum Gasteiger partial charge on any atom is 0.239 e. The van der Waals surface area contributed by atoms with Gasteiger partial charge in [0.05, 0.1) is 19.3 Å². The average molecular weight is 297 g/mol. The molecule has 3 atom stereocenters. The van der Waals surface area contributed by atoms with Crippen LogP contribution in [-0.2, 0) is 9.53 Å². The molecule has 2 heterocycles. The third-order valence-electron chi connectivity index (χ3n) is 4.90. The molecule has 2 rings (SSSR count). The lowest BCUT2D eigenvalue weighted by atomic mass is 9.91. The van der Waals surface area contributed by atoms with Gasteiger partial charge in [-0.05, 0) is 45.7 Å². The molecule has 0 aromatic heterocycles. The van der Waals surface area contributed by atoms with Crippen molar-refractivity contribution < 1.29 is 9.53 Å². The molecule has 0 spiro atoms. The molecule has 0 saturated carbocycles. The molecule has 3 unspecified atom stereocenters. The maximum atomic E-state index is 12.4. The summed E-state index contributed by atoms with van der Waals surface area (Å²) in [4.78, 5) is 16.9. The summed E-state index contributed by atoms with van der Waals surface area (Å²) < 4.78 is 5.31. The number of hydrogen-bond acceptors (Lipinski definition) is 4. The smallest absolute Gasteiger partial charge is 0.239 e. The van der Waals surface area contributed by atoms with E-state index in [4.69, 9.17) is 4.74 Å². The number of hydrogen-bond donors (Lipinski definition) is 1. The van der Waals surface area contributed by atoms with E-state index in [1.807, 2.05) is 11.8 Å². The molecule has 0 bridgehead atoms. The lowest BCUT2D eigenvalue weighted by molar-refractivity contribution is -0.137. The molecule has 0 aromatic rings. The topological polar surface area (TPSA) is 44.8 Å². The van der Waals surface area contributed by atoms with Gasteiger partial charge in [0.1, 0.15) is 0 Å². The fourth-order valence-corrected chi connectivity index (χ4v) is 3.45. The molecule has 0 aliphatic carbocycles. The van der Waals surface area contributed by atoms with Gasteiger partial charge in [0.2, 0.25) is 5.91 Å². The molecule has 2 aliphatic rings. The lowest BCUT2D eigenvalue weighted by Crippen LogP contribution is -2.53. The summed E-state index contributed by atoms with van der Waals surface area (Å²) in [6.45, 7) is 12.8. The van der Waals surface area contributed by atoms with Gasteiger partial charge < -0.3 is 19.9 Å². The summed E-state index contributed by atoms with van der Waals surface area (Å²) in [6, 6.07) is 0.287. The van der Waals surface area contributed by atoms with Crippen LogP contribution in [0.15, 0.2) is 0 Å². The monoisotopic (exact) mass is 297 g/mol. The third kappa shape index (κ3) is 4.66. The van der Waals surface area contributed by atoms with Crippen molar-refractivity contribution in [3.8, 4) is 0 Å². The number of nitrogens with one attached hydrogen (secondary N) is 1. The molecule has 2 saturated heterocycles. The molecule has 5 heteroatoms. The largest absolute Gasteiger partial charge is 0.378 e. The van der Waals surface area contributed by atoms with E-state index in [0.29, 0.717) is 25.2 Å². The first-order valence-electron chi connectivity index (χ1n) is 8.46. The fourth-order valence-electron chi connectivity index (χ4n) is 3.45. The Kier molecular flexibility index (Phi) is 6.45. The Morgan fingerprint density at radius 1 is 1.29 bits per heavy atom. The van der Waals surface area contributed by atoms with E-state index in [9.17, 15) is 4.79 Å². The Labute approximate surface area is 129 Å². The van der Waals surface area contributed by atoms with Crippen molar-refractivity contribution in [3.05, 3.63) is 0 Å². The number of ether oxygens (including phenoxy) is 1. The minimum Gasteiger partial charge on any atom is -0.378 e. The predicted octanol–water partition coefficient (Wildman–Crippen LogP) is 0.944. The first-order chi connectivity index (χ1) is 10.1. The van der Waals surface area contributed by atoms with Gasteiger partial charge in [0, 0.05) is 25.7 Å². The quantitative estimate of drug-likeness (QED) is 0.820. The van der Waals surface area contributed by atoms with Crippen LogP contribution in [0.3, 0.4) is 0 Å². The van der Waals surface area contributed by atoms with E-state index in [1.54, 1.807) is 0 Å². The zero-order valence-corrected chi connectivity index (χ0v) is 13.8. The van der Waals surface area contributed by atoms with Gasteiger partial charge in [0.25, 0.3) is 0 Å². The maximum absolute atomic E-state index is 12.4. The Balaban J connectivity index is 1.80. The second-order valence-corrected chi connectivity index (χ2v) is 6.41. The first-order valence-corrected chi connectivity index (χ1v) is 8.46. The molecule has 2 fully saturated rings. The highest BCUT2D eigenvalue weighted by Crippen LogP contribution is 2.20. The molecule has 2 aliphatic heterocycles. The third-order valence-corrected chi connectivity index (χ3v) is 4.90. The van der Waals surface area contributed by atoms with Gasteiger partial charge in [-0.15, -0.1) is 0 Å². The van der Waals surface area contributed by atoms with Gasteiger partial charge in [-0.25, -0.2) is 0 Å². The Bertz CT molecular complexity index is 331. The molecule has 1 N–H and O–H groups in total. The van der Waals surface area contributed by atoms with Gasteiger partial charge in [-0.2, -0.15) is 0 Å². The van der Waals surface area contributed by atoms with Crippen LogP contribution in [0.25, 0.3) is 0 Å². The number of nitrogens with zero attached hydrogens (tertiary/aromatic N) is 2. The van der Waals surface area contributed by atoms with Crippen molar-refractivity contribution in [1.29, 1.82) is 0 Å². The number of carbonyl (C=O) groups excluding carboxylic acids is 1. The summed E-state index contributed by atoms with van der Waals surface area (Å²) >= 11 is 0. The van der Waals surface area contributed by atoms with Crippen LogP contribution >= 0.6 is 0 Å². The van der Waals surface area contributed by atoms with Crippen LogP contribution in [0.5, 0.6) is 0 Å². The number of rotatable bonds is 5. The summed E-state index contributed by atoms with van der Waals surface area (Å²) in [7, 11) is 0. The highest BCUT2D eigenvalue weighted by atomic mass is 16.5. The van der Waals surface area contributed by atoms with Crippen LogP contribution in [0.1, 0.15) is 33.6 Å². The SMILES string of the molecule is CCN1CCCC(C(C)NC(C)C(=O)N2CCOCC2)C1. The van der Waals surface area contributed by atoms with Gasteiger partial charge in [-0.3, -0.25) is 4.79 Å². The Morgan fingerprint density at radius 2 is 2.00 bits per heavy atom. The molecule has 0 aromatic carbocycles. The van der Waals surface area contributed by atoms with Crippen molar-refractivity contribution in [2.45, 2.75) is 45.7 Å². The number of carbonyl (C=O) groups is 1. The number of amides is 1. The van der Waals surface area contributed by atoms with Crippen LogP contribution in [-0.4, -0.2) is 73.7 Å². The van der Waals surface area contributed by atoms with E-state index < -0.39 is 0 Å². The fraction of sp³-hybridized carbons (Fsp3) is 0.938. The first kappa shape index (κ1) is 16.7. The zero-order valence-electron chi connectivity index (χ0n) is 13.8. The van der Waals surface area contributed by atoms with Gasteiger partial charge in [0.15, 0.2) is 0 Å². The normalized spacial score (nSPS) is 27.4. The van der Waals surface area contributed by atoms with Crippen LogP contribution in [0, 0.1) is 5.92 Å². The molecule has 21 heavy (non-hydrogen) atoms. The van der Waals surface area contributed by atoms with E-state index >= 15 is 0 Å². The van der Waals surface area contributed by atoms with Crippen molar-refractivity contribution in [1.82, 2.24) is 15.1 Å². The molecular weight excluding hydrogens is 266 g/mol. The summed E-state index contributed by atoms with van der Waals surface area (Å²) in [5, 5.41) is 3.53. The number of piperidine rings is 1. The summed E-state index contributed by atoms with van der Waals surface area (Å²) in [6.07, 6.45) is 2.54. The highest BCUT2D eigenvalue weighted by Gasteiger charge is 2.28. The minimum absolute atomic E-state index is 0.102. The van der Waals surface area contributed by atoms with E-state index in [2.05, 4.69) is 24.1 Å². The summed E-state index contributed by atoms with van der Waals surface area (Å²) in [5.41, 5.74) is 0. The summed E-state index contributed by atoms with van der Waals surface area (Å²) in [5.74, 6) is 0.868. The van der Waals surface area contributed by atoms with Crippen molar-refractivity contribution >= 4 is 5.91 Å². The number of morpholine rings is 1. The lowest BCUT2D eigenvalue weighted by Gasteiger charge is -2.37. The average Bonchev–Trinajstić information content (AvgIpc) is 2.54. The minimum atomic E-state index is -0.102. The zero-order chi connectivity index (χ0) is 15.2. The second-order valence-electron chi connectivity index (χ2n) is 6.41. The van der Waals surface area contributed by atoms with E-state index in [-0.39, 0.29) is 11.9 Å². The Hall–Kier alpha value is -0.650. The highest BCUT2D eigenvalue weighted by molar-refractivity contribution is 5.81. The number of likely N-dealkylation sites (tertiary alicyclic amines) is 1. The predicted molar refractivity (Wildman–Crippen MR) is 84.3 cm³/mol. The molecule has 1 amide bonds. The molecular formula is C16H31N3O2. The van der Waals surface area contributed by atoms with Gasteiger partial charge in [-0.1, -0.05) is 6.92 Å². The second kappa shape index (κ2) is 8.11. The standard InChI is InChI=1S/C16H31N3O2/c1-4-18-7-5-6-15(12-18)13(2)17-14(3)16(20)19-8-10-21-11-9-19/h13-15,17H,4-12H2,1-3H3. The molecule has 0 radical (unpaired) electrons. The van der Waals surface area contributed by atoms with E-state index in [1.165, 1.54) is 19.4 Å². The van der Waals surface area contributed by atoms with Gasteiger partial charge >= 0.3 is 0 Å². The molecule has 5 nitrogen and oxygen atoms in total. The van der Waals surface area contributed by atoms with Crippen molar-refractivity contribution in [2.24, 2.45) is 5.92 Å². The molecule has 122 valence electrons. The van der Waals surface area contributed by atoms with Crippen molar-refractivity contribution in [3.63, 3.8) is 0 Å². The van der Waals surface area contributed by atoms with Crippen LogP contribution < -0.4 is 5.32 Å². The van der Waals surface area contributed by atoms with Crippen LogP contribution in [0.2, 0.25) is 0 Å². The van der Waals surface area contributed by atoms with Crippen LogP contribution in [0.4, 0.5) is 0 Å². The van der Waals surface area contributed by atoms with Crippen molar-refractivity contribution in [2.75, 3.05) is 45.9 Å². The van der Waals surface area contributed by atoms with E-state index in [0.717, 1.165) is 26.2 Å². The Morgan fingerprint density at radius 3 is 2.67 bits per heavy atom.